The van der Waals surface area contributed by atoms with Crippen LogP contribution in [0.1, 0.15) is 44.7 Å². The highest BCUT2D eigenvalue weighted by atomic mass is 16.7. The zero-order valence-electron chi connectivity index (χ0n) is 15.6. The Kier molecular flexibility index (Phi) is 3.97. The Morgan fingerprint density at radius 1 is 0.931 bits per heavy atom. The van der Waals surface area contributed by atoms with Gasteiger partial charge in [-0.1, -0.05) is 23.3 Å². The number of benzene rings is 2. The maximum absolute atomic E-state index is 12.6. The van der Waals surface area contributed by atoms with Crippen LogP contribution >= 0.6 is 0 Å². The maximum atomic E-state index is 12.6. The molecule has 1 unspecified atom stereocenters. The van der Waals surface area contributed by atoms with Gasteiger partial charge in [0.1, 0.15) is 0 Å². The number of imide groups is 1. The Morgan fingerprint density at radius 3 is 2.34 bits per heavy atom. The van der Waals surface area contributed by atoms with Crippen molar-refractivity contribution < 1.29 is 24.0 Å². The molecule has 1 atom stereocenters. The van der Waals surface area contributed by atoms with Crippen LogP contribution in [0.15, 0.2) is 42.5 Å². The molecule has 0 N–H and O–H groups in total. The van der Waals surface area contributed by atoms with Crippen molar-refractivity contribution in [2.75, 3.05) is 11.4 Å². The molecule has 2 heterocycles. The fraction of sp³-hybridized carbons (Fsp3) is 0.273. The number of fused-ring (bicyclic) bond motifs is 2. The molecule has 29 heavy (non-hydrogen) atoms. The molecule has 5 rings (SSSR count). The largest absolute Gasteiger partial charge is 0.338 e. The van der Waals surface area contributed by atoms with Gasteiger partial charge in [-0.2, -0.15) is 0 Å². The van der Waals surface area contributed by atoms with Crippen molar-refractivity contribution in [3.63, 3.8) is 0 Å². The van der Waals surface area contributed by atoms with Gasteiger partial charge in [0.15, 0.2) is 0 Å². The highest BCUT2D eigenvalue weighted by Gasteiger charge is 2.42. The summed E-state index contributed by atoms with van der Waals surface area (Å²) in [5, 5.41) is 0.496. The van der Waals surface area contributed by atoms with Crippen molar-refractivity contribution in [3.05, 3.63) is 64.7 Å². The molecule has 3 aliphatic rings. The molecule has 0 radical (unpaired) electrons. The summed E-state index contributed by atoms with van der Waals surface area (Å²) in [6, 6.07) is 12.3. The van der Waals surface area contributed by atoms with Crippen LogP contribution in [0.5, 0.6) is 0 Å². The van der Waals surface area contributed by atoms with Gasteiger partial charge in [0.05, 0.1) is 17.0 Å². The first kappa shape index (κ1) is 17.6. The van der Waals surface area contributed by atoms with E-state index in [4.69, 9.17) is 4.84 Å². The Hall–Kier alpha value is -3.48. The molecule has 0 aromatic heterocycles. The molecule has 1 saturated heterocycles. The average molecular weight is 390 g/mol. The lowest BCUT2D eigenvalue weighted by Gasteiger charge is -2.18. The van der Waals surface area contributed by atoms with Crippen molar-refractivity contribution in [1.82, 2.24) is 5.06 Å². The molecule has 2 aromatic carbocycles. The number of nitrogens with zero attached hydrogens (tertiary/aromatic N) is 2. The van der Waals surface area contributed by atoms with E-state index in [2.05, 4.69) is 0 Å². The molecule has 0 bridgehead atoms. The molecular weight excluding hydrogens is 372 g/mol. The summed E-state index contributed by atoms with van der Waals surface area (Å²) in [5.41, 5.74) is 3.72. The molecule has 0 saturated carbocycles. The lowest BCUT2D eigenvalue weighted by Crippen LogP contribution is -2.36. The van der Waals surface area contributed by atoms with Crippen LogP contribution in [0.3, 0.4) is 0 Å². The minimum absolute atomic E-state index is 0.0148. The third kappa shape index (κ3) is 2.81. The second-order valence-electron chi connectivity index (χ2n) is 7.57. The van der Waals surface area contributed by atoms with E-state index >= 15 is 0 Å². The lowest BCUT2D eigenvalue weighted by molar-refractivity contribution is -0.173. The van der Waals surface area contributed by atoms with Gasteiger partial charge in [0.2, 0.25) is 5.91 Å². The lowest BCUT2D eigenvalue weighted by atomic mass is 10.1. The topological polar surface area (TPSA) is 84.0 Å². The third-order valence-electron chi connectivity index (χ3n) is 5.79. The second kappa shape index (κ2) is 6.55. The van der Waals surface area contributed by atoms with Crippen molar-refractivity contribution in [2.24, 2.45) is 5.92 Å². The van der Waals surface area contributed by atoms with E-state index in [1.165, 1.54) is 23.3 Å². The number of hydrogen-bond acceptors (Lipinski definition) is 5. The molecule has 7 heteroatoms. The van der Waals surface area contributed by atoms with Crippen LogP contribution in [0.25, 0.3) is 0 Å². The first-order chi connectivity index (χ1) is 14.0. The Bertz CT molecular complexity index is 1040. The van der Waals surface area contributed by atoms with E-state index in [9.17, 15) is 19.2 Å². The van der Waals surface area contributed by atoms with Gasteiger partial charge in [-0.15, -0.1) is 0 Å². The van der Waals surface area contributed by atoms with Gasteiger partial charge in [-0.25, -0.2) is 4.79 Å². The first-order valence-electron chi connectivity index (χ1n) is 9.65. The summed E-state index contributed by atoms with van der Waals surface area (Å²) in [5.74, 6) is -3.00. The standard InChI is InChI=1S/C22H18N2O5/c25-19-11-15(12-23(19)16-9-8-13-4-3-5-14(13)10-16)22(28)29-24-20(26)17-6-1-2-7-18(17)21(24)27/h1-2,6-10,15H,3-5,11-12H2. The molecule has 1 aliphatic carbocycles. The summed E-state index contributed by atoms with van der Waals surface area (Å²) in [4.78, 5) is 56.5. The minimum Gasteiger partial charge on any atom is -0.329 e. The number of carbonyl (C=O) groups excluding carboxylic acids is 4. The second-order valence-corrected chi connectivity index (χ2v) is 7.57. The maximum Gasteiger partial charge on any atom is 0.338 e. The Labute approximate surface area is 166 Å². The number of anilines is 1. The van der Waals surface area contributed by atoms with E-state index in [1.54, 1.807) is 17.0 Å². The number of rotatable bonds is 3. The number of aryl methyl sites for hydroxylation is 2. The fourth-order valence-corrected chi connectivity index (χ4v) is 4.26. The number of carbonyl (C=O) groups is 4. The highest BCUT2D eigenvalue weighted by molar-refractivity contribution is 6.21. The van der Waals surface area contributed by atoms with Gasteiger partial charge >= 0.3 is 5.97 Å². The summed E-state index contributed by atoms with van der Waals surface area (Å²) in [6.45, 7) is 0.166. The van der Waals surface area contributed by atoms with Crippen molar-refractivity contribution >= 4 is 29.4 Å². The van der Waals surface area contributed by atoms with Crippen LogP contribution < -0.4 is 4.90 Å². The molecular formula is C22H18N2O5. The SMILES string of the molecule is O=C(ON1C(=O)c2ccccc2C1=O)C1CC(=O)N(c2ccc3c(c2)CCC3)C1. The van der Waals surface area contributed by atoms with Crippen LogP contribution in [0, 0.1) is 5.92 Å². The molecule has 2 aliphatic heterocycles. The fourth-order valence-electron chi connectivity index (χ4n) is 4.26. The van der Waals surface area contributed by atoms with Crippen molar-refractivity contribution in [1.29, 1.82) is 0 Å². The van der Waals surface area contributed by atoms with E-state index in [-0.39, 0.29) is 30.0 Å². The highest BCUT2D eigenvalue weighted by Crippen LogP contribution is 2.31. The molecule has 0 spiro atoms. The van der Waals surface area contributed by atoms with Crippen LogP contribution in [-0.2, 0) is 27.3 Å². The van der Waals surface area contributed by atoms with Gasteiger partial charge in [-0.3, -0.25) is 14.4 Å². The van der Waals surface area contributed by atoms with Gasteiger partial charge in [0.25, 0.3) is 11.8 Å². The number of amides is 3. The smallest absolute Gasteiger partial charge is 0.329 e. The summed E-state index contributed by atoms with van der Waals surface area (Å²) in [7, 11) is 0. The number of hydroxylamine groups is 2. The molecule has 146 valence electrons. The van der Waals surface area contributed by atoms with Crippen LogP contribution in [-0.4, -0.2) is 35.3 Å². The molecule has 1 fully saturated rings. The predicted octanol–water partition coefficient (Wildman–Crippen LogP) is 2.28. The predicted molar refractivity (Wildman–Crippen MR) is 102 cm³/mol. The van der Waals surface area contributed by atoms with E-state index in [0.29, 0.717) is 5.06 Å². The first-order valence-corrected chi connectivity index (χ1v) is 9.65. The number of hydrogen-bond donors (Lipinski definition) is 0. The average Bonchev–Trinajstić information content (AvgIpc) is 3.41. The molecule has 7 nitrogen and oxygen atoms in total. The van der Waals surface area contributed by atoms with E-state index in [1.807, 2.05) is 18.2 Å². The van der Waals surface area contributed by atoms with Crippen LogP contribution in [0.4, 0.5) is 5.69 Å². The Balaban J connectivity index is 1.30. The van der Waals surface area contributed by atoms with Crippen molar-refractivity contribution in [3.8, 4) is 0 Å². The van der Waals surface area contributed by atoms with Crippen molar-refractivity contribution in [2.45, 2.75) is 25.7 Å². The summed E-state index contributed by atoms with van der Waals surface area (Å²) < 4.78 is 0. The van der Waals surface area contributed by atoms with E-state index in [0.717, 1.165) is 24.9 Å². The monoisotopic (exact) mass is 390 g/mol. The molecule has 2 aromatic rings. The van der Waals surface area contributed by atoms with Gasteiger partial charge in [-0.05, 0) is 54.7 Å². The minimum atomic E-state index is -0.753. The van der Waals surface area contributed by atoms with Crippen LogP contribution in [0.2, 0.25) is 0 Å². The third-order valence-corrected chi connectivity index (χ3v) is 5.79. The summed E-state index contributed by atoms with van der Waals surface area (Å²) in [6.07, 6.45) is 3.15. The van der Waals surface area contributed by atoms with E-state index < -0.39 is 23.7 Å². The normalized spacial score (nSPS) is 20.3. The van der Waals surface area contributed by atoms with Gasteiger partial charge < -0.3 is 9.74 Å². The molecule has 3 amide bonds. The zero-order valence-corrected chi connectivity index (χ0v) is 15.6. The summed E-state index contributed by atoms with van der Waals surface area (Å²) >= 11 is 0. The zero-order chi connectivity index (χ0) is 20.1. The Morgan fingerprint density at radius 2 is 1.62 bits per heavy atom. The quantitative estimate of drug-likeness (QED) is 0.751. The van der Waals surface area contributed by atoms with Gasteiger partial charge in [0, 0.05) is 18.7 Å².